The van der Waals surface area contributed by atoms with Crippen LogP contribution in [-0.2, 0) is 0 Å². The molecule has 1 amide bonds. The number of hydrogen-bond acceptors (Lipinski definition) is 3. The van der Waals surface area contributed by atoms with Crippen molar-refractivity contribution in [2.24, 2.45) is 11.8 Å². The molecule has 1 heterocycles. The Bertz CT molecular complexity index is 719. The van der Waals surface area contributed by atoms with E-state index in [-0.39, 0.29) is 17.6 Å². The number of nitrogens with zero attached hydrogens (tertiary/aromatic N) is 2. The molecular weight excluding hydrogens is 298 g/mol. The standard InChI is InChI=1S/C17H16ClN3O/c18-13-9-19-16(10-4-2-1-3-5-10)21-15(13)17(22)20-14-8-11-6-7-12(11)14/h1-5,9,11-12,14H,6-8H2,(H,20,22). The average Bonchev–Trinajstić information content (AvgIpc) is 2.53. The van der Waals surface area contributed by atoms with Crippen LogP contribution in [0.5, 0.6) is 0 Å². The number of carbonyl (C=O) groups excluding carboxylic acids is 1. The first-order chi connectivity index (χ1) is 10.7. The monoisotopic (exact) mass is 313 g/mol. The zero-order valence-electron chi connectivity index (χ0n) is 12.0. The zero-order chi connectivity index (χ0) is 15.1. The third-order valence-electron chi connectivity index (χ3n) is 4.86. The van der Waals surface area contributed by atoms with E-state index in [2.05, 4.69) is 15.3 Å². The third kappa shape index (κ3) is 2.28. The molecule has 3 atom stereocenters. The molecule has 2 aliphatic rings. The van der Waals surface area contributed by atoms with Crippen molar-refractivity contribution >= 4 is 17.5 Å². The Morgan fingerprint density at radius 1 is 1.23 bits per heavy atom. The van der Waals surface area contributed by atoms with E-state index in [1.807, 2.05) is 30.3 Å². The lowest BCUT2D eigenvalue weighted by Gasteiger charge is -2.53. The molecule has 0 saturated heterocycles. The number of amides is 1. The molecule has 5 heteroatoms. The highest BCUT2D eigenvalue weighted by molar-refractivity contribution is 6.33. The molecule has 112 valence electrons. The van der Waals surface area contributed by atoms with Gasteiger partial charge in [-0.05, 0) is 31.1 Å². The molecule has 0 bridgehead atoms. The predicted octanol–water partition coefficient (Wildman–Crippen LogP) is 3.33. The highest BCUT2D eigenvalue weighted by Crippen LogP contribution is 2.50. The Morgan fingerprint density at radius 2 is 2.05 bits per heavy atom. The second-order valence-corrected chi connectivity index (χ2v) is 6.48. The Labute approximate surface area is 133 Å². The Kier molecular flexibility index (Phi) is 3.34. The van der Waals surface area contributed by atoms with E-state index in [9.17, 15) is 4.79 Å². The van der Waals surface area contributed by atoms with Gasteiger partial charge in [0.2, 0.25) is 0 Å². The van der Waals surface area contributed by atoms with E-state index in [0.29, 0.717) is 16.8 Å². The summed E-state index contributed by atoms with van der Waals surface area (Å²) in [6.07, 6.45) is 5.12. The van der Waals surface area contributed by atoms with E-state index < -0.39 is 0 Å². The van der Waals surface area contributed by atoms with Gasteiger partial charge < -0.3 is 5.32 Å². The summed E-state index contributed by atoms with van der Waals surface area (Å²) < 4.78 is 0. The number of hydrogen-bond donors (Lipinski definition) is 1. The van der Waals surface area contributed by atoms with Crippen LogP contribution in [-0.4, -0.2) is 21.9 Å². The van der Waals surface area contributed by atoms with Gasteiger partial charge in [0.25, 0.3) is 5.91 Å². The van der Waals surface area contributed by atoms with Crippen LogP contribution in [0, 0.1) is 11.8 Å². The summed E-state index contributed by atoms with van der Waals surface area (Å²) >= 11 is 6.12. The molecule has 1 aromatic heterocycles. The fourth-order valence-corrected chi connectivity index (χ4v) is 3.55. The molecule has 2 saturated carbocycles. The topological polar surface area (TPSA) is 54.9 Å². The van der Waals surface area contributed by atoms with E-state index in [1.54, 1.807) is 0 Å². The van der Waals surface area contributed by atoms with E-state index in [0.717, 1.165) is 17.9 Å². The van der Waals surface area contributed by atoms with Crippen LogP contribution >= 0.6 is 11.6 Å². The van der Waals surface area contributed by atoms with Crippen LogP contribution in [0.2, 0.25) is 5.02 Å². The number of rotatable bonds is 3. The van der Waals surface area contributed by atoms with Crippen molar-refractivity contribution in [1.29, 1.82) is 0 Å². The van der Waals surface area contributed by atoms with E-state index in [4.69, 9.17) is 11.6 Å². The van der Waals surface area contributed by atoms with Crippen LogP contribution in [0.3, 0.4) is 0 Å². The number of halogens is 1. The molecule has 1 N–H and O–H groups in total. The summed E-state index contributed by atoms with van der Waals surface area (Å²) in [4.78, 5) is 21.0. The Morgan fingerprint density at radius 3 is 2.68 bits per heavy atom. The number of carbonyl (C=O) groups is 1. The minimum absolute atomic E-state index is 0.195. The van der Waals surface area contributed by atoms with E-state index in [1.165, 1.54) is 19.0 Å². The molecule has 2 fully saturated rings. The van der Waals surface area contributed by atoms with Gasteiger partial charge in [-0.3, -0.25) is 4.79 Å². The normalized spacial score (nSPS) is 25.6. The molecule has 0 spiro atoms. The Hall–Kier alpha value is -1.94. The van der Waals surface area contributed by atoms with Crippen LogP contribution in [0.1, 0.15) is 29.8 Å². The summed E-state index contributed by atoms with van der Waals surface area (Å²) in [5.74, 6) is 1.81. The zero-order valence-corrected chi connectivity index (χ0v) is 12.8. The van der Waals surface area contributed by atoms with E-state index >= 15 is 0 Å². The quantitative estimate of drug-likeness (QED) is 0.945. The second kappa shape index (κ2) is 5.36. The summed E-state index contributed by atoms with van der Waals surface area (Å²) in [6.45, 7) is 0. The van der Waals surface area contributed by atoms with Crippen molar-refractivity contribution < 1.29 is 4.79 Å². The SMILES string of the molecule is O=C(NC1CC2CCC21)c1nc(-c2ccccc2)ncc1Cl. The van der Waals surface area contributed by atoms with Crippen LogP contribution in [0.4, 0.5) is 0 Å². The molecule has 4 rings (SSSR count). The number of nitrogens with one attached hydrogen (secondary N) is 1. The summed E-state index contributed by atoms with van der Waals surface area (Å²) in [5, 5.41) is 3.36. The van der Waals surface area contributed by atoms with Gasteiger partial charge in [-0.2, -0.15) is 0 Å². The molecular formula is C17H16ClN3O. The van der Waals surface area contributed by atoms with Crippen LogP contribution in [0.25, 0.3) is 11.4 Å². The number of aromatic nitrogens is 2. The lowest BCUT2D eigenvalue weighted by molar-refractivity contribution is 0.00654. The fraction of sp³-hybridized carbons (Fsp3) is 0.353. The van der Waals surface area contributed by atoms with Crippen molar-refractivity contribution in [2.45, 2.75) is 25.3 Å². The molecule has 22 heavy (non-hydrogen) atoms. The minimum atomic E-state index is -0.195. The molecule has 0 aliphatic heterocycles. The first kappa shape index (κ1) is 13.7. The second-order valence-electron chi connectivity index (χ2n) is 6.07. The largest absolute Gasteiger partial charge is 0.348 e. The first-order valence-electron chi connectivity index (χ1n) is 7.61. The smallest absolute Gasteiger partial charge is 0.271 e. The van der Waals surface area contributed by atoms with Gasteiger partial charge in [0.1, 0.15) is 0 Å². The fourth-order valence-electron chi connectivity index (χ4n) is 3.38. The van der Waals surface area contributed by atoms with Gasteiger partial charge in [-0.1, -0.05) is 41.9 Å². The van der Waals surface area contributed by atoms with Crippen molar-refractivity contribution in [3.8, 4) is 11.4 Å². The first-order valence-corrected chi connectivity index (χ1v) is 7.99. The third-order valence-corrected chi connectivity index (χ3v) is 5.13. The maximum Gasteiger partial charge on any atom is 0.271 e. The summed E-state index contributed by atoms with van der Waals surface area (Å²) in [5.41, 5.74) is 1.13. The van der Waals surface area contributed by atoms with Crippen LogP contribution in [0.15, 0.2) is 36.5 Å². The van der Waals surface area contributed by atoms with Gasteiger partial charge >= 0.3 is 0 Å². The molecule has 0 radical (unpaired) electrons. The van der Waals surface area contributed by atoms with Gasteiger partial charge in [0.15, 0.2) is 11.5 Å². The average molecular weight is 314 g/mol. The molecule has 2 aromatic rings. The van der Waals surface area contributed by atoms with Gasteiger partial charge in [-0.25, -0.2) is 9.97 Å². The van der Waals surface area contributed by atoms with Crippen LogP contribution < -0.4 is 5.32 Å². The summed E-state index contributed by atoms with van der Waals surface area (Å²) in [6, 6.07) is 9.87. The highest BCUT2D eigenvalue weighted by atomic mass is 35.5. The predicted molar refractivity (Wildman–Crippen MR) is 84.6 cm³/mol. The van der Waals surface area contributed by atoms with Gasteiger partial charge in [0.05, 0.1) is 11.2 Å². The Balaban J connectivity index is 1.56. The molecule has 2 aliphatic carbocycles. The minimum Gasteiger partial charge on any atom is -0.348 e. The lowest BCUT2D eigenvalue weighted by atomic mass is 9.56. The number of benzene rings is 1. The molecule has 1 aromatic carbocycles. The van der Waals surface area contributed by atoms with Crippen molar-refractivity contribution in [3.63, 3.8) is 0 Å². The highest BCUT2D eigenvalue weighted by Gasteiger charge is 2.47. The van der Waals surface area contributed by atoms with Gasteiger partial charge in [-0.15, -0.1) is 0 Å². The number of fused-ring (bicyclic) bond motifs is 1. The van der Waals surface area contributed by atoms with Gasteiger partial charge in [0, 0.05) is 11.6 Å². The van der Waals surface area contributed by atoms with Crippen molar-refractivity contribution in [1.82, 2.24) is 15.3 Å². The molecule has 4 nitrogen and oxygen atoms in total. The maximum atomic E-state index is 12.4. The maximum absolute atomic E-state index is 12.4. The lowest BCUT2D eigenvalue weighted by Crippen LogP contribution is -2.57. The van der Waals surface area contributed by atoms with Crippen molar-refractivity contribution in [2.75, 3.05) is 0 Å². The van der Waals surface area contributed by atoms with Crippen molar-refractivity contribution in [3.05, 3.63) is 47.2 Å². The summed E-state index contributed by atoms with van der Waals surface area (Å²) in [7, 11) is 0. The molecule has 3 unspecified atom stereocenters.